The van der Waals surface area contributed by atoms with Gasteiger partial charge in [-0.2, -0.15) is 5.26 Å². The summed E-state index contributed by atoms with van der Waals surface area (Å²) in [5.74, 6) is -0.712. The summed E-state index contributed by atoms with van der Waals surface area (Å²) >= 11 is 0. The van der Waals surface area contributed by atoms with E-state index >= 15 is 0 Å². The standard InChI is InChI=1S/C9H14N4O2/c1-7(8(6-10)9(11)14)12-13-2-4-15-5-3-13/h12H,2-5H2,1H3,(H2,11,14). The molecule has 6 heteroatoms. The molecule has 0 atom stereocenters. The van der Waals surface area contributed by atoms with Crippen LogP contribution in [-0.4, -0.2) is 37.2 Å². The van der Waals surface area contributed by atoms with Gasteiger partial charge in [-0.3, -0.25) is 4.79 Å². The lowest BCUT2D eigenvalue weighted by Crippen LogP contribution is -2.45. The van der Waals surface area contributed by atoms with Crippen molar-refractivity contribution >= 4 is 5.91 Å². The molecule has 82 valence electrons. The Labute approximate surface area is 88.3 Å². The maximum Gasteiger partial charge on any atom is 0.261 e. The summed E-state index contributed by atoms with van der Waals surface area (Å²) in [4.78, 5) is 10.9. The fraction of sp³-hybridized carbons (Fsp3) is 0.556. The van der Waals surface area contributed by atoms with Crippen LogP contribution in [0.5, 0.6) is 0 Å². The molecule has 1 fully saturated rings. The van der Waals surface area contributed by atoms with E-state index < -0.39 is 5.91 Å². The van der Waals surface area contributed by atoms with E-state index in [1.54, 1.807) is 13.0 Å². The monoisotopic (exact) mass is 210 g/mol. The number of ether oxygens (including phenoxy) is 1. The largest absolute Gasteiger partial charge is 0.379 e. The van der Waals surface area contributed by atoms with Crippen molar-refractivity contribution in [2.45, 2.75) is 6.92 Å². The van der Waals surface area contributed by atoms with Crippen molar-refractivity contribution in [1.29, 1.82) is 5.26 Å². The van der Waals surface area contributed by atoms with Crippen LogP contribution >= 0.6 is 0 Å². The Balaban J connectivity index is 2.63. The van der Waals surface area contributed by atoms with Crippen LogP contribution in [0.4, 0.5) is 0 Å². The average molecular weight is 210 g/mol. The summed E-state index contributed by atoms with van der Waals surface area (Å²) in [6.07, 6.45) is 0. The number of hydrogen-bond donors (Lipinski definition) is 2. The highest BCUT2D eigenvalue weighted by Crippen LogP contribution is 2.01. The molecule has 0 aromatic carbocycles. The van der Waals surface area contributed by atoms with Crippen LogP contribution in [0.25, 0.3) is 0 Å². The fourth-order valence-corrected chi connectivity index (χ4v) is 1.29. The van der Waals surface area contributed by atoms with E-state index in [-0.39, 0.29) is 5.57 Å². The minimum atomic E-state index is -0.712. The third-order valence-electron chi connectivity index (χ3n) is 2.07. The van der Waals surface area contributed by atoms with Crippen LogP contribution in [0.3, 0.4) is 0 Å². The number of rotatable bonds is 3. The van der Waals surface area contributed by atoms with Gasteiger partial charge in [-0.05, 0) is 6.92 Å². The Morgan fingerprint density at radius 1 is 1.53 bits per heavy atom. The zero-order chi connectivity index (χ0) is 11.3. The second-order valence-electron chi connectivity index (χ2n) is 3.19. The average Bonchev–Trinajstić information content (AvgIpc) is 2.19. The molecule has 0 radical (unpaired) electrons. The number of carbonyl (C=O) groups excluding carboxylic acids is 1. The Hall–Kier alpha value is -1.58. The van der Waals surface area contributed by atoms with Gasteiger partial charge in [-0.25, -0.2) is 5.01 Å². The molecular formula is C9H14N4O2. The van der Waals surface area contributed by atoms with E-state index in [1.165, 1.54) is 0 Å². The van der Waals surface area contributed by atoms with Gasteiger partial charge in [0.15, 0.2) is 0 Å². The van der Waals surface area contributed by atoms with Gasteiger partial charge in [0.05, 0.1) is 13.2 Å². The molecule has 0 bridgehead atoms. The Morgan fingerprint density at radius 2 is 2.13 bits per heavy atom. The van der Waals surface area contributed by atoms with Crippen molar-refractivity contribution in [3.8, 4) is 6.07 Å². The van der Waals surface area contributed by atoms with Gasteiger partial charge in [-0.1, -0.05) is 0 Å². The van der Waals surface area contributed by atoms with Crippen LogP contribution in [-0.2, 0) is 9.53 Å². The number of primary amides is 1. The lowest BCUT2D eigenvalue weighted by atomic mass is 10.2. The second-order valence-corrected chi connectivity index (χ2v) is 3.19. The third-order valence-corrected chi connectivity index (χ3v) is 2.07. The van der Waals surface area contributed by atoms with Crippen molar-refractivity contribution < 1.29 is 9.53 Å². The molecule has 0 spiro atoms. The zero-order valence-corrected chi connectivity index (χ0v) is 8.62. The highest BCUT2D eigenvalue weighted by molar-refractivity contribution is 5.96. The quantitative estimate of drug-likeness (QED) is 0.465. The number of nitriles is 1. The van der Waals surface area contributed by atoms with Gasteiger partial charge in [0.25, 0.3) is 5.91 Å². The summed E-state index contributed by atoms with van der Waals surface area (Å²) < 4.78 is 5.16. The number of amides is 1. The summed E-state index contributed by atoms with van der Waals surface area (Å²) in [6.45, 7) is 4.36. The smallest absolute Gasteiger partial charge is 0.261 e. The topological polar surface area (TPSA) is 91.4 Å². The summed E-state index contributed by atoms with van der Waals surface area (Å²) in [6, 6.07) is 1.78. The van der Waals surface area contributed by atoms with Crippen molar-refractivity contribution in [3.05, 3.63) is 11.3 Å². The van der Waals surface area contributed by atoms with Crippen molar-refractivity contribution in [1.82, 2.24) is 10.4 Å². The number of carbonyl (C=O) groups is 1. The van der Waals surface area contributed by atoms with Crippen LogP contribution in [0, 0.1) is 11.3 Å². The summed E-state index contributed by atoms with van der Waals surface area (Å²) in [5.41, 5.74) is 8.45. The highest BCUT2D eigenvalue weighted by Gasteiger charge is 2.13. The SMILES string of the molecule is CC(NN1CCOCC1)=C(C#N)C(N)=O. The van der Waals surface area contributed by atoms with E-state index in [0.717, 1.165) is 13.1 Å². The number of morpholine rings is 1. The lowest BCUT2D eigenvalue weighted by molar-refractivity contribution is -0.114. The summed E-state index contributed by atoms with van der Waals surface area (Å²) in [7, 11) is 0. The fourth-order valence-electron chi connectivity index (χ4n) is 1.29. The minimum absolute atomic E-state index is 0.0403. The molecule has 1 rings (SSSR count). The van der Waals surface area contributed by atoms with E-state index in [1.807, 2.05) is 5.01 Å². The van der Waals surface area contributed by atoms with E-state index in [9.17, 15) is 4.79 Å². The van der Waals surface area contributed by atoms with Crippen LogP contribution in [0.15, 0.2) is 11.3 Å². The van der Waals surface area contributed by atoms with Gasteiger partial charge in [0.2, 0.25) is 0 Å². The molecule has 1 amide bonds. The predicted molar refractivity (Wildman–Crippen MR) is 53.0 cm³/mol. The van der Waals surface area contributed by atoms with Gasteiger partial charge < -0.3 is 15.9 Å². The Morgan fingerprint density at radius 3 is 2.60 bits per heavy atom. The number of hydrogen-bond acceptors (Lipinski definition) is 5. The molecule has 1 heterocycles. The van der Waals surface area contributed by atoms with Gasteiger partial charge in [-0.15, -0.1) is 0 Å². The first-order valence-corrected chi connectivity index (χ1v) is 4.65. The first kappa shape index (κ1) is 11.5. The number of hydrazine groups is 1. The van der Waals surface area contributed by atoms with Crippen LogP contribution in [0.2, 0.25) is 0 Å². The highest BCUT2D eigenvalue weighted by atomic mass is 16.5. The molecule has 3 N–H and O–H groups in total. The molecule has 1 aliphatic rings. The summed E-state index contributed by atoms with van der Waals surface area (Å²) in [5, 5.41) is 10.6. The molecule has 0 aromatic rings. The Bertz CT molecular complexity index is 313. The van der Waals surface area contributed by atoms with Gasteiger partial charge >= 0.3 is 0 Å². The zero-order valence-electron chi connectivity index (χ0n) is 8.62. The first-order chi connectivity index (χ1) is 7.15. The third kappa shape index (κ3) is 3.23. The molecule has 0 saturated carbocycles. The number of nitrogens with zero attached hydrogens (tertiary/aromatic N) is 2. The molecule has 0 aromatic heterocycles. The van der Waals surface area contributed by atoms with E-state index in [0.29, 0.717) is 18.9 Å². The molecule has 0 aliphatic carbocycles. The molecule has 0 unspecified atom stereocenters. The van der Waals surface area contributed by atoms with Crippen LogP contribution < -0.4 is 11.2 Å². The maximum atomic E-state index is 10.9. The molecule has 1 saturated heterocycles. The molecular weight excluding hydrogens is 196 g/mol. The van der Waals surface area contributed by atoms with E-state index in [2.05, 4.69) is 5.43 Å². The predicted octanol–water partition coefficient (Wildman–Crippen LogP) is -0.894. The lowest BCUT2D eigenvalue weighted by Gasteiger charge is -2.28. The van der Waals surface area contributed by atoms with Gasteiger partial charge in [0, 0.05) is 18.8 Å². The molecule has 15 heavy (non-hydrogen) atoms. The number of nitrogens with two attached hydrogens (primary N) is 1. The molecule has 1 aliphatic heterocycles. The first-order valence-electron chi connectivity index (χ1n) is 4.65. The normalized spacial score (nSPS) is 18.9. The minimum Gasteiger partial charge on any atom is -0.379 e. The van der Waals surface area contributed by atoms with Gasteiger partial charge in [0.1, 0.15) is 11.6 Å². The van der Waals surface area contributed by atoms with Crippen LogP contribution in [0.1, 0.15) is 6.92 Å². The van der Waals surface area contributed by atoms with Crippen molar-refractivity contribution in [3.63, 3.8) is 0 Å². The van der Waals surface area contributed by atoms with E-state index in [4.69, 9.17) is 15.7 Å². The number of allylic oxidation sites excluding steroid dienone is 1. The van der Waals surface area contributed by atoms with Crippen molar-refractivity contribution in [2.24, 2.45) is 5.73 Å². The van der Waals surface area contributed by atoms with Crippen molar-refractivity contribution in [2.75, 3.05) is 26.3 Å². The number of nitrogens with one attached hydrogen (secondary N) is 1. The second kappa shape index (κ2) is 5.34. The molecule has 6 nitrogen and oxygen atoms in total. The Kier molecular flexibility index (Phi) is 4.09. The maximum absolute atomic E-state index is 10.9.